The predicted octanol–water partition coefficient (Wildman–Crippen LogP) is 1.07. The molecule has 120 valence electrons. The zero-order valence-electron chi connectivity index (χ0n) is 12.7. The lowest BCUT2D eigenvalue weighted by molar-refractivity contribution is 0.442. The first kappa shape index (κ1) is 15.2. The summed E-state index contributed by atoms with van der Waals surface area (Å²) in [6.45, 7) is 5.10. The Morgan fingerprint density at radius 2 is 1.95 bits per heavy atom. The van der Waals surface area contributed by atoms with Crippen molar-refractivity contribution in [2.24, 2.45) is 0 Å². The van der Waals surface area contributed by atoms with E-state index in [1.807, 2.05) is 0 Å². The topological polar surface area (TPSA) is 101 Å². The lowest BCUT2D eigenvalue weighted by Gasteiger charge is -2.15. The Morgan fingerprint density at radius 3 is 2.68 bits per heavy atom. The highest BCUT2D eigenvalue weighted by molar-refractivity contribution is 7.89. The Hall–Kier alpha value is -1.74. The Kier molecular flexibility index (Phi) is 4.00. The molecule has 0 spiro atoms. The van der Waals surface area contributed by atoms with Crippen LogP contribution < -0.4 is 5.32 Å². The van der Waals surface area contributed by atoms with Gasteiger partial charge in [0.2, 0.25) is 10.0 Å². The number of anilines is 1. The standard InChI is InChI=1S/C13H19N5O3S/c1-9-11-12(15-10(2)16-13(11)21-17-9)14-5-8-22(19,20)18-6-3-4-7-18/h3-8H2,1-2H3,(H,14,15,16). The number of hydrogen-bond donors (Lipinski definition) is 1. The van der Waals surface area contributed by atoms with Crippen LogP contribution in [0.5, 0.6) is 0 Å². The number of fused-ring (bicyclic) bond motifs is 1. The normalized spacial score (nSPS) is 16.5. The molecule has 3 heterocycles. The fraction of sp³-hybridized carbons (Fsp3) is 0.615. The number of rotatable bonds is 5. The van der Waals surface area contributed by atoms with Crippen molar-refractivity contribution in [3.8, 4) is 0 Å². The van der Waals surface area contributed by atoms with E-state index in [-0.39, 0.29) is 12.3 Å². The van der Waals surface area contributed by atoms with Gasteiger partial charge in [0, 0.05) is 19.6 Å². The zero-order chi connectivity index (χ0) is 15.7. The molecule has 1 saturated heterocycles. The van der Waals surface area contributed by atoms with Crippen LogP contribution in [0.2, 0.25) is 0 Å². The molecule has 2 aromatic rings. The highest BCUT2D eigenvalue weighted by Gasteiger charge is 2.25. The van der Waals surface area contributed by atoms with Crippen molar-refractivity contribution in [2.45, 2.75) is 26.7 Å². The van der Waals surface area contributed by atoms with Gasteiger partial charge in [-0.2, -0.15) is 4.98 Å². The molecule has 0 unspecified atom stereocenters. The first-order valence-corrected chi connectivity index (χ1v) is 8.90. The highest BCUT2D eigenvalue weighted by atomic mass is 32.2. The van der Waals surface area contributed by atoms with E-state index in [4.69, 9.17) is 4.52 Å². The smallest absolute Gasteiger partial charge is 0.263 e. The van der Waals surface area contributed by atoms with E-state index < -0.39 is 10.0 Å². The summed E-state index contributed by atoms with van der Waals surface area (Å²) in [6.07, 6.45) is 1.89. The van der Waals surface area contributed by atoms with Gasteiger partial charge in [-0.05, 0) is 26.7 Å². The first-order chi connectivity index (χ1) is 10.5. The summed E-state index contributed by atoms with van der Waals surface area (Å²) in [4.78, 5) is 8.49. The monoisotopic (exact) mass is 325 g/mol. The van der Waals surface area contributed by atoms with Crippen molar-refractivity contribution in [1.82, 2.24) is 19.4 Å². The second-order valence-corrected chi connectivity index (χ2v) is 7.50. The van der Waals surface area contributed by atoms with Crippen molar-refractivity contribution < 1.29 is 12.9 Å². The molecule has 0 saturated carbocycles. The number of sulfonamides is 1. The van der Waals surface area contributed by atoms with Crippen LogP contribution in [0, 0.1) is 13.8 Å². The Morgan fingerprint density at radius 1 is 1.23 bits per heavy atom. The van der Waals surface area contributed by atoms with Crippen LogP contribution in [0.15, 0.2) is 4.52 Å². The lowest BCUT2D eigenvalue weighted by Crippen LogP contribution is -2.32. The molecule has 1 fully saturated rings. The third-order valence-electron chi connectivity index (χ3n) is 3.73. The van der Waals surface area contributed by atoms with Crippen molar-refractivity contribution >= 4 is 26.9 Å². The van der Waals surface area contributed by atoms with Crippen LogP contribution in [-0.4, -0.2) is 53.2 Å². The molecule has 0 bridgehead atoms. The molecule has 2 aromatic heterocycles. The molecule has 1 N–H and O–H groups in total. The van der Waals surface area contributed by atoms with Crippen molar-refractivity contribution in [1.29, 1.82) is 0 Å². The minimum Gasteiger partial charge on any atom is -0.368 e. The molecular formula is C13H19N5O3S. The third-order valence-corrected chi connectivity index (χ3v) is 5.60. The summed E-state index contributed by atoms with van der Waals surface area (Å²) < 4.78 is 31.1. The fourth-order valence-corrected chi connectivity index (χ4v) is 4.05. The van der Waals surface area contributed by atoms with Gasteiger partial charge in [-0.25, -0.2) is 17.7 Å². The second-order valence-electron chi connectivity index (χ2n) is 5.42. The van der Waals surface area contributed by atoms with Gasteiger partial charge in [0.1, 0.15) is 17.0 Å². The van der Waals surface area contributed by atoms with Crippen LogP contribution in [-0.2, 0) is 10.0 Å². The number of nitrogens with one attached hydrogen (secondary N) is 1. The molecule has 0 aliphatic carbocycles. The maximum absolute atomic E-state index is 12.2. The average molecular weight is 325 g/mol. The van der Waals surface area contributed by atoms with Crippen LogP contribution >= 0.6 is 0 Å². The summed E-state index contributed by atoms with van der Waals surface area (Å²) >= 11 is 0. The van der Waals surface area contributed by atoms with Crippen molar-refractivity contribution in [3.05, 3.63) is 11.5 Å². The van der Waals surface area contributed by atoms with E-state index in [2.05, 4.69) is 20.4 Å². The van der Waals surface area contributed by atoms with Gasteiger partial charge in [-0.3, -0.25) is 0 Å². The summed E-state index contributed by atoms with van der Waals surface area (Å²) in [6, 6.07) is 0. The van der Waals surface area contributed by atoms with E-state index in [1.54, 1.807) is 18.2 Å². The van der Waals surface area contributed by atoms with E-state index in [0.29, 0.717) is 41.5 Å². The Labute approximate surface area is 129 Å². The molecule has 0 atom stereocenters. The van der Waals surface area contributed by atoms with Crippen LogP contribution in [0.25, 0.3) is 11.1 Å². The molecule has 0 aromatic carbocycles. The molecule has 22 heavy (non-hydrogen) atoms. The lowest BCUT2D eigenvalue weighted by atomic mass is 10.3. The molecule has 1 aliphatic heterocycles. The highest BCUT2D eigenvalue weighted by Crippen LogP contribution is 2.23. The molecule has 9 heteroatoms. The van der Waals surface area contributed by atoms with E-state index >= 15 is 0 Å². The SMILES string of the molecule is Cc1nc(NCCS(=O)(=O)N2CCCC2)c2c(C)noc2n1. The van der Waals surface area contributed by atoms with Gasteiger partial charge in [0.25, 0.3) is 5.71 Å². The summed E-state index contributed by atoms with van der Waals surface area (Å²) in [5.74, 6) is 1.16. The molecule has 0 radical (unpaired) electrons. The number of aryl methyl sites for hydroxylation is 2. The zero-order valence-corrected chi connectivity index (χ0v) is 13.5. The fourth-order valence-electron chi connectivity index (χ4n) is 2.62. The Balaban J connectivity index is 1.73. The number of hydrogen-bond acceptors (Lipinski definition) is 7. The molecule has 1 aliphatic rings. The van der Waals surface area contributed by atoms with Crippen molar-refractivity contribution in [3.63, 3.8) is 0 Å². The summed E-state index contributed by atoms with van der Waals surface area (Å²) in [5, 5.41) is 7.65. The third kappa shape index (κ3) is 2.91. The molecule has 0 amide bonds. The molecular weight excluding hydrogens is 306 g/mol. The molecule has 3 rings (SSSR count). The van der Waals surface area contributed by atoms with Crippen LogP contribution in [0.1, 0.15) is 24.4 Å². The minimum absolute atomic E-state index is 0.0435. The number of aromatic nitrogens is 3. The van der Waals surface area contributed by atoms with Crippen molar-refractivity contribution in [2.75, 3.05) is 30.7 Å². The van der Waals surface area contributed by atoms with E-state index in [0.717, 1.165) is 12.8 Å². The first-order valence-electron chi connectivity index (χ1n) is 7.30. The Bertz CT molecular complexity index is 780. The number of nitrogens with zero attached hydrogens (tertiary/aromatic N) is 4. The van der Waals surface area contributed by atoms with E-state index in [1.165, 1.54) is 0 Å². The largest absolute Gasteiger partial charge is 0.368 e. The summed E-state index contributed by atoms with van der Waals surface area (Å²) in [5.41, 5.74) is 1.09. The maximum atomic E-state index is 12.2. The van der Waals surface area contributed by atoms with Gasteiger partial charge < -0.3 is 9.84 Å². The van der Waals surface area contributed by atoms with Crippen LogP contribution in [0.4, 0.5) is 5.82 Å². The van der Waals surface area contributed by atoms with Gasteiger partial charge in [0.05, 0.1) is 11.4 Å². The average Bonchev–Trinajstić information content (AvgIpc) is 3.09. The second kappa shape index (κ2) is 5.81. The van der Waals surface area contributed by atoms with E-state index in [9.17, 15) is 8.42 Å². The summed E-state index contributed by atoms with van der Waals surface area (Å²) in [7, 11) is -3.20. The minimum atomic E-state index is -3.20. The maximum Gasteiger partial charge on any atom is 0.263 e. The van der Waals surface area contributed by atoms with Crippen LogP contribution in [0.3, 0.4) is 0 Å². The van der Waals surface area contributed by atoms with Gasteiger partial charge in [-0.15, -0.1) is 0 Å². The van der Waals surface area contributed by atoms with Gasteiger partial charge >= 0.3 is 0 Å². The quantitative estimate of drug-likeness (QED) is 0.877. The predicted molar refractivity (Wildman–Crippen MR) is 82.2 cm³/mol. The molecule has 8 nitrogen and oxygen atoms in total. The van der Waals surface area contributed by atoms with Gasteiger partial charge in [-0.1, -0.05) is 5.16 Å². The van der Waals surface area contributed by atoms with Gasteiger partial charge in [0.15, 0.2) is 0 Å².